The van der Waals surface area contributed by atoms with Crippen LogP contribution in [-0.2, 0) is 4.74 Å². The van der Waals surface area contributed by atoms with Crippen molar-refractivity contribution in [2.24, 2.45) is 11.3 Å². The summed E-state index contributed by atoms with van der Waals surface area (Å²) in [6.07, 6.45) is 3.63. The molecule has 0 heterocycles. The molecule has 15 heavy (non-hydrogen) atoms. The Hall–Kier alpha value is -0.0800. The van der Waals surface area contributed by atoms with E-state index in [1.54, 1.807) is 7.11 Å². The van der Waals surface area contributed by atoms with Gasteiger partial charge in [-0.15, -0.1) is 0 Å². The maximum absolute atomic E-state index is 5.14. The maximum atomic E-state index is 5.14. The van der Waals surface area contributed by atoms with E-state index in [-0.39, 0.29) is 0 Å². The summed E-state index contributed by atoms with van der Waals surface area (Å²) in [5, 5.41) is 3.47. The van der Waals surface area contributed by atoms with Crippen LogP contribution in [0.5, 0.6) is 0 Å². The van der Waals surface area contributed by atoms with Crippen LogP contribution in [0.25, 0.3) is 0 Å². The maximum Gasteiger partial charge on any atom is 0.0465 e. The second kappa shape index (κ2) is 8.12. The minimum atomic E-state index is 0.416. The molecule has 0 aliphatic carbocycles. The minimum Gasteiger partial charge on any atom is -0.385 e. The van der Waals surface area contributed by atoms with Crippen molar-refractivity contribution in [3.8, 4) is 0 Å². The normalized spacial score (nSPS) is 14.2. The highest BCUT2D eigenvalue weighted by Gasteiger charge is 2.24. The average Bonchev–Trinajstić information content (AvgIpc) is 2.21. The van der Waals surface area contributed by atoms with Gasteiger partial charge in [0.15, 0.2) is 0 Å². The number of methoxy groups -OCH3 is 1. The zero-order chi connectivity index (χ0) is 11.7. The lowest BCUT2D eigenvalue weighted by Crippen LogP contribution is -2.28. The third-order valence-corrected chi connectivity index (χ3v) is 3.46. The minimum absolute atomic E-state index is 0.416. The van der Waals surface area contributed by atoms with Crippen LogP contribution in [0.4, 0.5) is 0 Å². The van der Waals surface area contributed by atoms with E-state index < -0.39 is 0 Å². The van der Waals surface area contributed by atoms with Gasteiger partial charge in [-0.3, -0.25) is 0 Å². The lowest BCUT2D eigenvalue weighted by molar-refractivity contribution is 0.130. The molecule has 0 rings (SSSR count). The Kier molecular flexibility index (Phi) is 8.07. The molecule has 92 valence electrons. The Labute approximate surface area is 95.8 Å². The SMILES string of the molecule is CCCNCCC(C)(C)C(C)CCOC. The molecule has 0 aromatic rings. The summed E-state index contributed by atoms with van der Waals surface area (Å²) >= 11 is 0. The number of hydrogen-bond donors (Lipinski definition) is 1. The van der Waals surface area contributed by atoms with E-state index in [1.165, 1.54) is 12.8 Å². The molecule has 0 aliphatic heterocycles. The van der Waals surface area contributed by atoms with Gasteiger partial charge in [0.25, 0.3) is 0 Å². The Morgan fingerprint density at radius 2 is 1.93 bits per heavy atom. The quantitative estimate of drug-likeness (QED) is 0.597. The van der Waals surface area contributed by atoms with E-state index >= 15 is 0 Å². The van der Waals surface area contributed by atoms with Crippen LogP contribution in [0.15, 0.2) is 0 Å². The molecule has 0 saturated heterocycles. The average molecular weight is 215 g/mol. The molecule has 0 aromatic carbocycles. The molecule has 0 spiro atoms. The van der Waals surface area contributed by atoms with E-state index in [1.807, 2.05) is 0 Å². The van der Waals surface area contributed by atoms with Crippen LogP contribution in [0.3, 0.4) is 0 Å². The molecule has 1 N–H and O–H groups in total. The first-order valence-corrected chi connectivity index (χ1v) is 6.24. The number of nitrogens with one attached hydrogen (secondary N) is 1. The van der Waals surface area contributed by atoms with Gasteiger partial charge < -0.3 is 10.1 Å². The summed E-state index contributed by atoms with van der Waals surface area (Å²) in [6, 6.07) is 0. The summed E-state index contributed by atoms with van der Waals surface area (Å²) in [4.78, 5) is 0. The second-order valence-corrected chi connectivity index (χ2v) is 5.17. The molecule has 1 atom stereocenters. The van der Waals surface area contributed by atoms with Crippen molar-refractivity contribution >= 4 is 0 Å². The number of hydrogen-bond acceptors (Lipinski definition) is 2. The first-order chi connectivity index (χ1) is 7.04. The fourth-order valence-electron chi connectivity index (χ4n) is 1.64. The number of ether oxygens (including phenoxy) is 1. The topological polar surface area (TPSA) is 21.3 Å². The molecule has 1 unspecified atom stereocenters. The first kappa shape index (κ1) is 14.9. The van der Waals surface area contributed by atoms with Gasteiger partial charge in [0.05, 0.1) is 0 Å². The molecular weight excluding hydrogens is 186 g/mol. The van der Waals surface area contributed by atoms with Crippen LogP contribution in [0.2, 0.25) is 0 Å². The van der Waals surface area contributed by atoms with Crippen LogP contribution in [0, 0.1) is 11.3 Å². The molecule has 0 saturated carbocycles. The summed E-state index contributed by atoms with van der Waals surface area (Å²) in [5.74, 6) is 0.723. The van der Waals surface area contributed by atoms with Crippen molar-refractivity contribution in [3.63, 3.8) is 0 Å². The van der Waals surface area contributed by atoms with Gasteiger partial charge >= 0.3 is 0 Å². The molecule has 0 radical (unpaired) electrons. The number of rotatable bonds is 9. The molecule has 2 heteroatoms. The Bertz CT molecular complexity index is 145. The second-order valence-electron chi connectivity index (χ2n) is 5.17. The monoisotopic (exact) mass is 215 g/mol. The van der Waals surface area contributed by atoms with E-state index in [9.17, 15) is 0 Å². The fraction of sp³-hybridized carbons (Fsp3) is 1.00. The largest absolute Gasteiger partial charge is 0.385 e. The van der Waals surface area contributed by atoms with Crippen molar-refractivity contribution in [3.05, 3.63) is 0 Å². The van der Waals surface area contributed by atoms with Crippen molar-refractivity contribution in [2.45, 2.75) is 47.0 Å². The third kappa shape index (κ3) is 6.91. The van der Waals surface area contributed by atoms with Crippen LogP contribution in [0.1, 0.15) is 47.0 Å². The highest BCUT2D eigenvalue weighted by Crippen LogP contribution is 2.32. The lowest BCUT2D eigenvalue weighted by Gasteiger charge is -2.32. The predicted octanol–water partition coefficient (Wildman–Crippen LogP) is 3.07. The van der Waals surface area contributed by atoms with Gasteiger partial charge in [0, 0.05) is 13.7 Å². The van der Waals surface area contributed by atoms with Crippen molar-refractivity contribution in [2.75, 3.05) is 26.8 Å². The zero-order valence-corrected chi connectivity index (χ0v) is 11.2. The van der Waals surface area contributed by atoms with Gasteiger partial charge in [-0.1, -0.05) is 27.7 Å². The van der Waals surface area contributed by atoms with Gasteiger partial charge in [0.2, 0.25) is 0 Å². The van der Waals surface area contributed by atoms with Crippen LogP contribution in [-0.4, -0.2) is 26.8 Å². The van der Waals surface area contributed by atoms with Gasteiger partial charge in [-0.05, 0) is 43.7 Å². The molecular formula is C13H29NO. The van der Waals surface area contributed by atoms with E-state index in [4.69, 9.17) is 4.74 Å². The molecule has 2 nitrogen and oxygen atoms in total. The van der Waals surface area contributed by atoms with Gasteiger partial charge in [-0.2, -0.15) is 0 Å². The molecule has 0 aromatic heterocycles. The molecule has 0 fully saturated rings. The summed E-state index contributed by atoms with van der Waals surface area (Å²) in [5.41, 5.74) is 0.416. The van der Waals surface area contributed by atoms with Crippen LogP contribution < -0.4 is 5.32 Å². The van der Waals surface area contributed by atoms with Gasteiger partial charge in [-0.25, -0.2) is 0 Å². The fourth-order valence-corrected chi connectivity index (χ4v) is 1.64. The van der Waals surface area contributed by atoms with Crippen molar-refractivity contribution in [1.82, 2.24) is 5.32 Å². The Morgan fingerprint density at radius 1 is 1.27 bits per heavy atom. The predicted molar refractivity (Wildman–Crippen MR) is 67.2 cm³/mol. The smallest absolute Gasteiger partial charge is 0.0465 e. The van der Waals surface area contributed by atoms with Crippen molar-refractivity contribution < 1.29 is 4.74 Å². The van der Waals surface area contributed by atoms with E-state index in [0.29, 0.717) is 5.41 Å². The third-order valence-electron chi connectivity index (χ3n) is 3.46. The highest BCUT2D eigenvalue weighted by atomic mass is 16.5. The Balaban J connectivity index is 3.72. The van der Waals surface area contributed by atoms with Crippen LogP contribution >= 0.6 is 0 Å². The molecule has 0 bridgehead atoms. The standard InChI is InChI=1S/C13H29NO/c1-6-9-14-10-8-13(3,4)12(2)7-11-15-5/h12,14H,6-11H2,1-5H3. The summed E-state index contributed by atoms with van der Waals surface area (Å²) in [7, 11) is 1.78. The van der Waals surface area contributed by atoms with Gasteiger partial charge in [0.1, 0.15) is 0 Å². The molecule has 0 amide bonds. The highest BCUT2D eigenvalue weighted by molar-refractivity contribution is 4.76. The summed E-state index contributed by atoms with van der Waals surface area (Å²) < 4.78 is 5.14. The van der Waals surface area contributed by atoms with E-state index in [2.05, 4.69) is 33.0 Å². The first-order valence-electron chi connectivity index (χ1n) is 6.24. The molecule has 0 aliphatic rings. The van der Waals surface area contributed by atoms with Crippen molar-refractivity contribution in [1.29, 1.82) is 0 Å². The lowest BCUT2D eigenvalue weighted by atomic mass is 9.76. The summed E-state index contributed by atoms with van der Waals surface area (Å²) in [6.45, 7) is 12.4. The van der Waals surface area contributed by atoms with E-state index in [0.717, 1.165) is 32.0 Å². The zero-order valence-electron chi connectivity index (χ0n) is 11.2. The Morgan fingerprint density at radius 3 is 2.47 bits per heavy atom.